The van der Waals surface area contributed by atoms with Gasteiger partial charge in [0, 0.05) is 18.8 Å². The van der Waals surface area contributed by atoms with Gasteiger partial charge < -0.3 is 10.1 Å². The lowest BCUT2D eigenvalue weighted by Crippen LogP contribution is -2.42. The van der Waals surface area contributed by atoms with Crippen LogP contribution in [0, 0.1) is 13.8 Å². The van der Waals surface area contributed by atoms with E-state index in [1.807, 2.05) is 37.3 Å². The van der Waals surface area contributed by atoms with Crippen LogP contribution in [0.15, 0.2) is 58.6 Å². The lowest BCUT2D eigenvalue weighted by molar-refractivity contribution is -0.121. The van der Waals surface area contributed by atoms with Gasteiger partial charge in [-0.15, -0.1) is 5.10 Å². The predicted molar refractivity (Wildman–Crippen MR) is 131 cm³/mol. The Morgan fingerprint density at radius 2 is 1.94 bits per heavy atom. The van der Waals surface area contributed by atoms with Gasteiger partial charge in [0.1, 0.15) is 11.6 Å². The first-order valence-corrected chi connectivity index (χ1v) is 13.2. The number of sulfonamides is 1. The number of benzene rings is 2. The summed E-state index contributed by atoms with van der Waals surface area (Å²) < 4.78 is 33.3. The highest BCUT2D eigenvalue weighted by Gasteiger charge is 2.27. The van der Waals surface area contributed by atoms with Crippen molar-refractivity contribution in [2.45, 2.75) is 30.3 Å². The molecule has 0 fully saturated rings. The van der Waals surface area contributed by atoms with E-state index in [0.717, 1.165) is 11.4 Å². The van der Waals surface area contributed by atoms with E-state index in [1.54, 1.807) is 19.1 Å². The first-order valence-electron chi connectivity index (χ1n) is 10.8. The van der Waals surface area contributed by atoms with E-state index < -0.39 is 10.0 Å². The van der Waals surface area contributed by atoms with Crippen LogP contribution in [0.25, 0.3) is 0 Å². The molecule has 0 bridgehead atoms. The number of carbonyl (C=O) groups excluding carboxylic acids is 1. The Labute approximate surface area is 204 Å². The molecule has 0 aliphatic heterocycles. The zero-order chi connectivity index (χ0) is 24.6. The van der Waals surface area contributed by atoms with Gasteiger partial charge in [-0.1, -0.05) is 42.1 Å². The van der Waals surface area contributed by atoms with E-state index in [4.69, 9.17) is 4.74 Å². The average molecular weight is 504 g/mol. The number of methoxy groups -OCH3 is 1. The van der Waals surface area contributed by atoms with E-state index in [2.05, 4.69) is 20.5 Å². The number of nitrogens with one attached hydrogen (secondary N) is 2. The molecule has 9 nitrogen and oxygen atoms in total. The van der Waals surface area contributed by atoms with Crippen LogP contribution in [0.3, 0.4) is 0 Å². The van der Waals surface area contributed by atoms with Crippen molar-refractivity contribution in [3.05, 3.63) is 65.5 Å². The summed E-state index contributed by atoms with van der Waals surface area (Å²) in [5.74, 6) is 1.53. The number of rotatable bonds is 12. The molecule has 0 saturated heterocycles. The highest BCUT2D eigenvalue weighted by atomic mass is 32.2. The van der Waals surface area contributed by atoms with E-state index in [-0.39, 0.29) is 23.9 Å². The van der Waals surface area contributed by atoms with Crippen LogP contribution in [0.2, 0.25) is 0 Å². The van der Waals surface area contributed by atoms with Crippen LogP contribution >= 0.6 is 11.8 Å². The largest absolute Gasteiger partial charge is 0.496 e. The zero-order valence-corrected chi connectivity index (χ0v) is 21.1. The van der Waals surface area contributed by atoms with E-state index in [0.29, 0.717) is 35.2 Å². The van der Waals surface area contributed by atoms with Crippen LogP contribution in [0.5, 0.6) is 5.75 Å². The van der Waals surface area contributed by atoms with Gasteiger partial charge in [-0.2, -0.15) is 4.31 Å². The maximum atomic E-state index is 13.4. The minimum atomic E-state index is -3.90. The molecule has 2 N–H and O–H groups in total. The second kappa shape index (κ2) is 12.0. The Balaban J connectivity index is 1.68. The van der Waals surface area contributed by atoms with Crippen molar-refractivity contribution in [3.63, 3.8) is 0 Å². The summed E-state index contributed by atoms with van der Waals surface area (Å²) >= 11 is 1.41. The monoisotopic (exact) mass is 503 g/mol. The maximum absolute atomic E-state index is 13.4. The summed E-state index contributed by atoms with van der Waals surface area (Å²) in [5, 5.41) is 10.2. The number of H-pyrrole nitrogens is 1. The molecular formula is C23H29N5O4S2. The topological polar surface area (TPSA) is 117 Å². The predicted octanol–water partition coefficient (Wildman–Crippen LogP) is 2.57. The fourth-order valence-corrected chi connectivity index (χ4v) is 5.46. The Morgan fingerprint density at radius 1 is 1.18 bits per heavy atom. The summed E-state index contributed by atoms with van der Waals surface area (Å²) in [6.45, 7) is 3.87. The second-order valence-corrected chi connectivity index (χ2v) is 10.6. The summed E-state index contributed by atoms with van der Waals surface area (Å²) in [7, 11) is -2.36. The van der Waals surface area contributed by atoms with Crippen LogP contribution in [-0.2, 0) is 21.2 Å². The number of aryl methyl sites for hydroxylation is 2. The van der Waals surface area contributed by atoms with Crippen molar-refractivity contribution in [1.29, 1.82) is 0 Å². The SMILES string of the molecule is COc1ccc(S(=O)(=O)N(CCc2ccccc2)CC(=O)NCCSc2n[nH]c(C)n2)cc1C. The smallest absolute Gasteiger partial charge is 0.243 e. The van der Waals surface area contributed by atoms with Gasteiger partial charge in [0.2, 0.25) is 21.1 Å². The number of carbonyl (C=O) groups is 1. The quantitative estimate of drug-likeness (QED) is 0.288. The third-order valence-electron chi connectivity index (χ3n) is 5.05. The Kier molecular flexibility index (Phi) is 9.08. The fraction of sp³-hybridized carbons (Fsp3) is 0.348. The number of aromatic nitrogens is 3. The molecule has 0 aliphatic rings. The van der Waals surface area contributed by atoms with Crippen LogP contribution in [0.1, 0.15) is 17.0 Å². The van der Waals surface area contributed by atoms with E-state index in [1.165, 1.54) is 29.2 Å². The van der Waals surface area contributed by atoms with Gasteiger partial charge in [0.25, 0.3) is 0 Å². The van der Waals surface area contributed by atoms with Crippen molar-refractivity contribution in [2.75, 3.05) is 32.5 Å². The highest BCUT2D eigenvalue weighted by Crippen LogP contribution is 2.24. The maximum Gasteiger partial charge on any atom is 0.243 e. The van der Waals surface area contributed by atoms with Crippen molar-refractivity contribution in [3.8, 4) is 5.75 Å². The normalized spacial score (nSPS) is 11.5. The molecule has 34 heavy (non-hydrogen) atoms. The summed E-state index contributed by atoms with van der Waals surface area (Å²) in [4.78, 5) is 17.0. The minimum absolute atomic E-state index is 0.127. The van der Waals surface area contributed by atoms with Gasteiger partial charge in [0.05, 0.1) is 18.6 Å². The van der Waals surface area contributed by atoms with Crippen LogP contribution < -0.4 is 10.1 Å². The molecule has 1 amide bonds. The molecular weight excluding hydrogens is 474 g/mol. The highest BCUT2D eigenvalue weighted by molar-refractivity contribution is 7.99. The van der Waals surface area contributed by atoms with Crippen molar-refractivity contribution in [1.82, 2.24) is 24.8 Å². The average Bonchev–Trinajstić information content (AvgIpc) is 3.24. The third-order valence-corrected chi connectivity index (χ3v) is 7.74. The first-order chi connectivity index (χ1) is 16.3. The molecule has 0 spiro atoms. The molecule has 0 saturated carbocycles. The molecule has 11 heteroatoms. The molecule has 0 unspecified atom stereocenters. The Morgan fingerprint density at radius 3 is 2.59 bits per heavy atom. The zero-order valence-electron chi connectivity index (χ0n) is 19.4. The second-order valence-electron chi connectivity index (χ2n) is 7.61. The lowest BCUT2D eigenvalue weighted by atomic mass is 10.1. The molecule has 2 aromatic carbocycles. The molecule has 0 atom stereocenters. The first kappa shape index (κ1) is 25.7. The number of ether oxygens (including phenoxy) is 1. The molecule has 1 heterocycles. The van der Waals surface area contributed by atoms with Crippen molar-refractivity contribution < 1.29 is 17.9 Å². The van der Waals surface area contributed by atoms with Gasteiger partial charge in [0.15, 0.2) is 0 Å². The van der Waals surface area contributed by atoms with Crippen LogP contribution in [0.4, 0.5) is 0 Å². The summed E-state index contributed by atoms with van der Waals surface area (Å²) in [6.07, 6.45) is 0.489. The Hall–Kier alpha value is -2.89. The summed E-state index contributed by atoms with van der Waals surface area (Å²) in [6, 6.07) is 14.3. The number of thioether (sulfide) groups is 1. The molecule has 1 aromatic heterocycles. The standard InChI is InChI=1S/C23H29N5O4S2/c1-17-15-20(9-10-21(17)32-3)34(30,31)28(13-11-19-7-5-4-6-8-19)16-22(29)24-12-14-33-23-25-18(2)26-27-23/h4-10,15H,11-14,16H2,1-3H3,(H,24,29)(H,25,26,27). The number of nitrogens with zero attached hydrogens (tertiary/aromatic N) is 3. The van der Waals surface area contributed by atoms with Gasteiger partial charge >= 0.3 is 0 Å². The van der Waals surface area contributed by atoms with Gasteiger partial charge in [-0.25, -0.2) is 13.4 Å². The number of hydrogen-bond donors (Lipinski definition) is 2. The fourth-order valence-electron chi connectivity index (χ4n) is 3.28. The number of hydrogen-bond acceptors (Lipinski definition) is 7. The molecule has 3 aromatic rings. The molecule has 182 valence electrons. The molecule has 0 aliphatic carbocycles. The minimum Gasteiger partial charge on any atom is -0.496 e. The Bertz CT molecular complexity index is 1200. The van der Waals surface area contributed by atoms with Crippen LogP contribution in [-0.4, -0.2) is 66.3 Å². The molecule has 3 rings (SSSR count). The van der Waals surface area contributed by atoms with Crippen molar-refractivity contribution in [2.24, 2.45) is 0 Å². The van der Waals surface area contributed by atoms with Crippen molar-refractivity contribution >= 4 is 27.7 Å². The summed E-state index contributed by atoms with van der Waals surface area (Å²) in [5.41, 5.74) is 1.70. The lowest BCUT2D eigenvalue weighted by Gasteiger charge is -2.22. The number of amides is 1. The van der Waals surface area contributed by atoms with Gasteiger partial charge in [-0.05, 0) is 49.6 Å². The van der Waals surface area contributed by atoms with E-state index >= 15 is 0 Å². The number of aromatic amines is 1. The third kappa shape index (κ3) is 7.05. The van der Waals surface area contributed by atoms with E-state index in [9.17, 15) is 13.2 Å². The van der Waals surface area contributed by atoms with Gasteiger partial charge in [-0.3, -0.25) is 9.89 Å². The molecule has 0 radical (unpaired) electrons.